The van der Waals surface area contributed by atoms with Crippen molar-refractivity contribution in [2.24, 2.45) is 5.18 Å². The van der Waals surface area contributed by atoms with Crippen LogP contribution in [0, 0.1) is 4.91 Å². The van der Waals surface area contributed by atoms with E-state index in [1.54, 1.807) is 12.3 Å². The minimum Gasteiger partial charge on any atom is -0.388 e. The van der Waals surface area contributed by atoms with E-state index in [0.29, 0.717) is 6.04 Å². The van der Waals surface area contributed by atoms with Crippen LogP contribution in [0.15, 0.2) is 17.5 Å². The molecule has 0 unspecified atom stereocenters. The van der Waals surface area contributed by atoms with E-state index in [9.17, 15) is 4.91 Å². The van der Waals surface area contributed by atoms with Gasteiger partial charge in [-0.05, 0) is 25.1 Å². The summed E-state index contributed by atoms with van der Waals surface area (Å²) in [7, 11) is 0. The van der Waals surface area contributed by atoms with Crippen LogP contribution in [0.5, 0.6) is 0 Å². The molecule has 0 bridgehead atoms. The van der Waals surface area contributed by atoms with Crippen molar-refractivity contribution >= 4 is 0 Å². The zero-order valence-corrected chi connectivity index (χ0v) is 5.21. The zero-order valence-electron chi connectivity index (χ0n) is 5.21. The SMILES string of the molecule is O=NC/C=C\NC1CC1. The number of rotatable bonds is 4. The first-order valence-corrected chi connectivity index (χ1v) is 3.13. The summed E-state index contributed by atoms with van der Waals surface area (Å²) in [5.74, 6) is 0. The van der Waals surface area contributed by atoms with Crippen molar-refractivity contribution < 1.29 is 0 Å². The van der Waals surface area contributed by atoms with Gasteiger partial charge in [-0.2, -0.15) is 4.91 Å². The molecule has 1 fully saturated rings. The Morgan fingerprint density at radius 3 is 3.00 bits per heavy atom. The number of hydrogen-bond donors (Lipinski definition) is 1. The Kier molecular flexibility index (Phi) is 2.24. The summed E-state index contributed by atoms with van der Waals surface area (Å²) >= 11 is 0. The Morgan fingerprint density at radius 2 is 2.44 bits per heavy atom. The molecule has 0 aliphatic heterocycles. The maximum Gasteiger partial charge on any atom is 0.101 e. The van der Waals surface area contributed by atoms with E-state index < -0.39 is 0 Å². The molecule has 1 aliphatic rings. The normalized spacial score (nSPS) is 18.2. The van der Waals surface area contributed by atoms with Gasteiger partial charge < -0.3 is 5.32 Å². The first-order valence-electron chi connectivity index (χ1n) is 3.13. The lowest BCUT2D eigenvalue weighted by Gasteiger charge is -1.90. The van der Waals surface area contributed by atoms with Crippen LogP contribution in [-0.4, -0.2) is 12.6 Å². The summed E-state index contributed by atoms with van der Waals surface area (Å²) in [6.07, 6.45) is 6.06. The summed E-state index contributed by atoms with van der Waals surface area (Å²) in [5, 5.41) is 5.79. The van der Waals surface area contributed by atoms with Crippen molar-refractivity contribution in [1.82, 2.24) is 5.32 Å². The molecule has 0 amide bonds. The molecule has 0 aromatic carbocycles. The molecule has 0 spiro atoms. The second-order valence-corrected chi connectivity index (χ2v) is 2.15. The van der Waals surface area contributed by atoms with Crippen molar-refractivity contribution in [3.63, 3.8) is 0 Å². The highest BCUT2D eigenvalue weighted by Gasteiger charge is 2.18. The smallest absolute Gasteiger partial charge is 0.101 e. The lowest BCUT2D eigenvalue weighted by Crippen LogP contribution is -2.06. The van der Waals surface area contributed by atoms with Crippen molar-refractivity contribution in [3.05, 3.63) is 17.2 Å². The third kappa shape index (κ3) is 2.85. The van der Waals surface area contributed by atoms with Gasteiger partial charge in [-0.3, -0.25) is 0 Å². The lowest BCUT2D eigenvalue weighted by atomic mass is 10.6. The van der Waals surface area contributed by atoms with E-state index in [1.807, 2.05) is 0 Å². The van der Waals surface area contributed by atoms with Gasteiger partial charge in [0.1, 0.15) is 6.54 Å². The van der Waals surface area contributed by atoms with Gasteiger partial charge in [-0.25, -0.2) is 0 Å². The summed E-state index contributed by atoms with van der Waals surface area (Å²) in [4.78, 5) is 9.54. The van der Waals surface area contributed by atoms with Crippen molar-refractivity contribution in [3.8, 4) is 0 Å². The molecule has 9 heavy (non-hydrogen) atoms. The van der Waals surface area contributed by atoms with Gasteiger partial charge in [0.2, 0.25) is 0 Å². The molecular weight excluding hydrogens is 116 g/mol. The van der Waals surface area contributed by atoms with Crippen LogP contribution in [0.1, 0.15) is 12.8 Å². The molecule has 0 saturated heterocycles. The molecule has 3 heteroatoms. The average Bonchev–Trinajstić information content (AvgIpc) is 2.63. The highest BCUT2D eigenvalue weighted by molar-refractivity contribution is 4.90. The van der Waals surface area contributed by atoms with Crippen LogP contribution in [0.4, 0.5) is 0 Å². The van der Waals surface area contributed by atoms with E-state index in [0.717, 1.165) is 0 Å². The third-order valence-electron chi connectivity index (χ3n) is 1.21. The van der Waals surface area contributed by atoms with Gasteiger partial charge in [0.15, 0.2) is 0 Å². The Labute approximate surface area is 54.1 Å². The molecule has 1 N–H and O–H groups in total. The zero-order chi connectivity index (χ0) is 6.53. The van der Waals surface area contributed by atoms with Crippen LogP contribution in [0.3, 0.4) is 0 Å². The third-order valence-corrected chi connectivity index (χ3v) is 1.21. The Morgan fingerprint density at radius 1 is 1.67 bits per heavy atom. The van der Waals surface area contributed by atoms with Crippen molar-refractivity contribution in [2.45, 2.75) is 18.9 Å². The van der Waals surface area contributed by atoms with Crippen LogP contribution >= 0.6 is 0 Å². The van der Waals surface area contributed by atoms with Gasteiger partial charge in [0, 0.05) is 6.04 Å². The van der Waals surface area contributed by atoms with Gasteiger partial charge in [-0.1, -0.05) is 5.18 Å². The molecule has 0 atom stereocenters. The van der Waals surface area contributed by atoms with Gasteiger partial charge >= 0.3 is 0 Å². The van der Waals surface area contributed by atoms with Crippen molar-refractivity contribution in [1.29, 1.82) is 0 Å². The van der Waals surface area contributed by atoms with Crippen LogP contribution < -0.4 is 5.32 Å². The summed E-state index contributed by atoms with van der Waals surface area (Å²) < 4.78 is 0. The minimum atomic E-state index is 0.277. The quantitative estimate of drug-likeness (QED) is 0.571. The predicted molar refractivity (Wildman–Crippen MR) is 36.0 cm³/mol. The molecule has 0 radical (unpaired) electrons. The Bertz CT molecular complexity index is 118. The maximum absolute atomic E-state index is 9.54. The maximum atomic E-state index is 9.54. The first kappa shape index (κ1) is 6.26. The predicted octanol–water partition coefficient (Wildman–Crippen LogP) is 1.02. The second-order valence-electron chi connectivity index (χ2n) is 2.15. The highest BCUT2D eigenvalue weighted by atomic mass is 16.3. The largest absolute Gasteiger partial charge is 0.388 e. The number of hydrogen-bond acceptors (Lipinski definition) is 3. The standard InChI is InChI=1S/C6H10N2O/c9-8-5-1-4-7-6-2-3-6/h1,4,6-7H,2-3,5H2/b4-1-. The molecular formula is C6H10N2O. The summed E-state index contributed by atoms with van der Waals surface area (Å²) in [6, 6.07) is 0.674. The highest BCUT2D eigenvalue weighted by Crippen LogP contribution is 2.18. The minimum absolute atomic E-state index is 0.277. The van der Waals surface area contributed by atoms with Crippen molar-refractivity contribution in [2.75, 3.05) is 6.54 Å². The summed E-state index contributed by atoms with van der Waals surface area (Å²) in [5.41, 5.74) is 0. The number of nitroso groups, excluding NO2 is 1. The lowest BCUT2D eigenvalue weighted by molar-refractivity contribution is 0.858. The Balaban J connectivity index is 1.94. The van der Waals surface area contributed by atoms with Crippen LogP contribution in [-0.2, 0) is 0 Å². The fourth-order valence-electron chi connectivity index (χ4n) is 0.550. The second kappa shape index (κ2) is 3.22. The monoisotopic (exact) mass is 126 g/mol. The van der Waals surface area contributed by atoms with E-state index in [2.05, 4.69) is 10.5 Å². The van der Waals surface area contributed by atoms with E-state index >= 15 is 0 Å². The summed E-state index contributed by atoms with van der Waals surface area (Å²) in [6.45, 7) is 0.277. The molecule has 50 valence electrons. The molecule has 0 aromatic heterocycles. The number of nitrogens with zero attached hydrogens (tertiary/aromatic N) is 1. The Hall–Kier alpha value is -0.860. The molecule has 1 aliphatic carbocycles. The van der Waals surface area contributed by atoms with Gasteiger partial charge in [0.05, 0.1) is 0 Å². The van der Waals surface area contributed by atoms with E-state index in [1.165, 1.54) is 12.8 Å². The molecule has 1 saturated carbocycles. The van der Waals surface area contributed by atoms with Gasteiger partial charge in [-0.15, -0.1) is 0 Å². The fourth-order valence-corrected chi connectivity index (χ4v) is 0.550. The van der Waals surface area contributed by atoms with Crippen LogP contribution in [0.2, 0.25) is 0 Å². The topological polar surface area (TPSA) is 41.5 Å². The first-order chi connectivity index (χ1) is 4.43. The number of nitrogens with one attached hydrogen (secondary N) is 1. The molecule has 3 nitrogen and oxygen atoms in total. The molecule has 1 rings (SSSR count). The molecule has 0 aromatic rings. The fraction of sp³-hybridized carbons (Fsp3) is 0.667. The van der Waals surface area contributed by atoms with Crippen LogP contribution in [0.25, 0.3) is 0 Å². The molecule has 0 heterocycles. The average molecular weight is 126 g/mol. The van der Waals surface area contributed by atoms with E-state index in [4.69, 9.17) is 0 Å². The van der Waals surface area contributed by atoms with Gasteiger partial charge in [0.25, 0.3) is 0 Å². The van der Waals surface area contributed by atoms with E-state index in [-0.39, 0.29) is 6.54 Å².